The molecule has 1 atom stereocenters. The second-order valence-electron chi connectivity index (χ2n) is 5.75. The summed E-state index contributed by atoms with van der Waals surface area (Å²) < 4.78 is 5.83. The number of hydrogen-bond acceptors (Lipinski definition) is 6. The molecule has 0 fully saturated rings. The molecule has 2 heterocycles. The third kappa shape index (κ3) is 2.88. The fourth-order valence-corrected chi connectivity index (χ4v) is 2.52. The monoisotopic (exact) mass is 314 g/mol. The quantitative estimate of drug-likeness (QED) is 0.840. The van der Waals surface area contributed by atoms with E-state index in [4.69, 9.17) is 10.5 Å². The third-order valence-electron chi connectivity index (χ3n) is 3.70. The van der Waals surface area contributed by atoms with Gasteiger partial charge in [-0.3, -0.25) is 15.0 Å². The van der Waals surface area contributed by atoms with Gasteiger partial charge in [0.05, 0.1) is 11.7 Å². The number of nitrogens with zero attached hydrogens (tertiary/aromatic N) is 3. The Labute approximate surface area is 133 Å². The molecule has 0 bridgehead atoms. The molecule has 7 heteroatoms. The summed E-state index contributed by atoms with van der Waals surface area (Å²) in [7, 11) is 0. The Balaban J connectivity index is 1.92. The molecule has 1 aliphatic heterocycles. The third-order valence-corrected chi connectivity index (χ3v) is 3.70. The van der Waals surface area contributed by atoms with Gasteiger partial charge in [-0.2, -0.15) is 5.06 Å². The highest BCUT2D eigenvalue weighted by atomic mass is 16.5. The highest BCUT2D eigenvalue weighted by Crippen LogP contribution is 2.32. The summed E-state index contributed by atoms with van der Waals surface area (Å²) in [5.41, 5.74) is 7.67. The number of amides is 1. The zero-order chi connectivity index (χ0) is 16.6. The van der Waals surface area contributed by atoms with Crippen LogP contribution in [0.4, 0.5) is 5.69 Å². The minimum absolute atomic E-state index is 0.176. The fraction of sp³-hybridized carbons (Fsp3) is 0.312. The van der Waals surface area contributed by atoms with Gasteiger partial charge in [0.2, 0.25) is 5.88 Å². The zero-order valence-corrected chi connectivity index (χ0v) is 12.9. The van der Waals surface area contributed by atoms with Crippen molar-refractivity contribution in [3.63, 3.8) is 0 Å². The van der Waals surface area contributed by atoms with Crippen molar-refractivity contribution in [2.45, 2.75) is 32.2 Å². The van der Waals surface area contributed by atoms with Gasteiger partial charge in [-0.25, -0.2) is 4.98 Å². The van der Waals surface area contributed by atoms with Crippen LogP contribution in [-0.2, 0) is 11.2 Å². The number of carbonyl (C=O) groups is 1. The minimum Gasteiger partial charge on any atom is -0.437 e. The Morgan fingerprint density at radius 1 is 1.35 bits per heavy atom. The molecule has 0 aliphatic carbocycles. The number of aromatic nitrogens is 2. The second kappa shape index (κ2) is 5.94. The molecule has 1 unspecified atom stereocenters. The Kier molecular flexibility index (Phi) is 3.97. The number of fused-ring (bicyclic) bond motifs is 1. The van der Waals surface area contributed by atoms with Gasteiger partial charge in [-0.15, -0.1) is 0 Å². The van der Waals surface area contributed by atoms with Crippen LogP contribution in [0.2, 0.25) is 0 Å². The summed E-state index contributed by atoms with van der Waals surface area (Å²) in [6.07, 6.45) is 3.55. The van der Waals surface area contributed by atoms with Crippen LogP contribution in [0.3, 0.4) is 0 Å². The Hall–Kier alpha value is -2.51. The van der Waals surface area contributed by atoms with Crippen molar-refractivity contribution in [2.75, 3.05) is 5.06 Å². The lowest BCUT2D eigenvalue weighted by Crippen LogP contribution is -2.47. The fourth-order valence-electron chi connectivity index (χ4n) is 2.52. The molecule has 0 saturated heterocycles. The van der Waals surface area contributed by atoms with E-state index in [-0.39, 0.29) is 5.92 Å². The van der Waals surface area contributed by atoms with Crippen LogP contribution in [0.15, 0.2) is 30.6 Å². The average Bonchev–Trinajstić information content (AvgIpc) is 2.53. The summed E-state index contributed by atoms with van der Waals surface area (Å²) in [5.74, 6) is 0.665. The largest absolute Gasteiger partial charge is 0.437 e. The summed E-state index contributed by atoms with van der Waals surface area (Å²) in [5, 5.41) is 10.4. The minimum atomic E-state index is -0.759. The van der Waals surface area contributed by atoms with Gasteiger partial charge in [0.1, 0.15) is 11.4 Å². The van der Waals surface area contributed by atoms with Gasteiger partial charge in [0, 0.05) is 18.3 Å². The molecular weight excluding hydrogens is 296 g/mol. The highest BCUT2D eigenvalue weighted by Gasteiger charge is 2.30. The highest BCUT2D eigenvalue weighted by molar-refractivity contribution is 5.98. The first kappa shape index (κ1) is 15.4. The smallest absolute Gasteiger partial charge is 0.267 e. The van der Waals surface area contributed by atoms with Crippen LogP contribution in [-0.4, -0.2) is 27.1 Å². The van der Waals surface area contributed by atoms with Gasteiger partial charge in [0.25, 0.3) is 5.91 Å². The van der Waals surface area contributed by atoms with E-state index in [9.17, 15) is 10.0 Å². The summed E-state index contributed by atoms with van der Waals surface area (Å²) >= 11 is 0. The van der Waals surface area contributed by atoms with E-state index in [0.29, 0.717) is 28.8 Å². The summed E-state index contributed by atoms with van der Waals surface area (Å²) in [6.45, 7) is 4.02. The number of hydrogen-bond donors (Lipinski definition) is 2. The molecule has 3 rings (SSSR count). The number of hydroxylamine groups is 1. The molecule has 120 valence electrons. The molecule has 23 heavy (non-hydrogen) atoms. The maximum atomic E-state index is 11.7. The van der Waals surface area contributed by atoms with E-state index in [2.05, 4.69) is 9.97 Å². The predicted molar refractivity (Wildman–Crippen MR) is 83.6 cm³/mol. The van der Waals surface area contributed by atoms with E-state index in [0.717, 1.165) is 11.3 Å². The van der Waals surface area contributed by atoms with E-state index >= 15 is 0 Å². The molecular formula is C16H18N4O3. The molecule has 7 nitrogen and oxygen atoms in total. The maximum Gasteiger partial charge on any atom is 0.267 e. The van der Waals surface area contributed by atoms with Gasteiger partial charge >= 0.3 is 0 Å². The lowest BCUT2D eigenvalue weighted by molar-refractivity contribution is -0.125. The number of nitrogens with two attached hydrogens (primary N) is 1. The summed E-state index contributed by atoms with van der Waals surface area (Å²) in [4.78, 5) is 20.2. The van der Waals surface area contributed by atoms with Crippen molar-refractivity contribution in [1.29, 1.82) is 0 Å². The maximum absolute atomic E-state index is 11.7. The van der Waals surface area contributed by atoms with Crippen molar-refractivity contribution in [2.24, 2.45) is 5.73 Å². The standard InChI is InChI=1S/C16H18N4O3/c1-9(2)14-15(19-6-5-18-14)23-11-3-4-13-10(7-11)8-12(17)16(21)20(13)22/h3-7,9,12,22H,8,17H2,1-2H3. The predicted octanol–water partition coefficient (Wildman–Crippen LogP) is 2.00. The van der Waals surface area contributed by atoms with Crippen LogP contribution in [0.1, 0.15) is 31.0 Å². The molecule has 1 aliphatic rings. The Morgan fingerprint density at radius 2 is 2.09 bits per heavy atom. The van der Waals surface area contributed by atoms with Crippen molar-refractivity contribution >= 4 is 11.6 Å². The van der Waals surface area contributed by atoms with Crippen molar-refractivity contribution < 1.29 is 14.7 Å². The molecule has 3 N–H and O–H groups in total. The number of rotatable bonds is 3. The number of anilines is 1. The number of benzene rings is 1. The Morgan fingerprint density at radius 3 is 2.83 bits per heavy atom. The van der Waals surface area contributed by atoms with E-state index in [1.54, 1.807) is 30.6 Å². The van der Waals surface area contributed by atoms with Gasteiger partial charge in [-0.05, 0) is 30.2 Å². The van der Waals surface area contributed by atoms with Gasteiger partial charge < -0.3 is 10.5 Å². The summed E-state index contributed by atoms with van der Waals surface area (Å²) in [6, 6.07) is 4.29. The molecule has 2 aromatic rings. The molecule has 1 aromatic heterocycles. The van der Waals surface area contributed by atoms with Crippen LogP contribution in [0.5, 0.6) is 11.6 Å². The normalized spacial score (nSPS) is 17.3. The topological polar surface area (TPSA) is 102 Å². The van der Waals surface area contributed by atoms with Crippen molar-refractivity contribution in [1.82, 2.24) is 9.97 Å². The lowest BCUT2D eigenvalue weighted by atomic mass is 9.99. The van der Waals surface area contributed by atoms with Crippen molar-refractivity contribution in [3.8, 4) is 11.6 Å². The first-order valence-electron chi connectivity index (χ1n) is 7.37. The molecule has 0 saturated carbocycles. The molecule has 0 spiro atoms. The lowest BCUT2D eigenvalue weighted by Gasteiger charge is -2.27. The Bertz CT molecular complexity index is 748. The molecule has 1 aromatic carbocycles. The molecule has 1 amide bonds. The first-order chi connectivity index (χ1) is 11.0. The number of carbonyl (C=O) groups excluding carboxylic acids is 1. The average molecular weight is 314 g/mol. The van der Waals surface area contributed by atoms with Crippen molar-refractivity contribution in [3.05, 3.63) is 41.9 Å². The number of ether oxygens (including phenoxy) is 1. The van der Waals surface area contributed by atoms with Gasteiger partial charge in [0.15, 0.2) is 0 Å². The zero-order valence-electron chi connectivity index (χ0n) is 12.9. The van der Waals surface area contributed by atoms with E-state index in [1.807, 2.05) is 13.8 Å². The molecule has 0 radical (unpaired) electrons. The van der Waals surface area contributed by atoms with Crippen LogP contribution in [0, 0.1) is 0 Å². The van der Waals surface area contributed by atoms with Crippen LogP contribution < -0.4 is 15.5 Å². The van der Waals surface area contributed by atoms with Gasteiger partial charge in [-0.1, -0.05) is 13.8 Å². The van der Waals surface area contributed by atoms with Crippen LogP contribution >= 0.6 is 0 Å². The van der Waals surface area contributed by atoms with E-state index < -0.39 is 11.9 Å². The second-order valence-corrected chi connectivity index (χ2v) is 5.75. The van der Waals surface area contributed by atoms with E-state index in [1.165, 1.54) is 0 Å². The van der Waals surface area contributed by atoms with Crippen LogP contribution in [0.25, 0.3) is 0 Å². The SMILES string of the molecule is CC(C)c1nccnc1Oc1ccc2c(c1)CC(N)C(=O)N2O. The first-order valence-corrected chi connectivity index (χ1v) is 7.37.